The van der Waals surface area contributed by atoms with E-state index in [1.165, 1.54) is 5.57 Å². The van der Waals surface area contributed by atoms with Crippen molar-refractivity contribution in [2.24, 2.45) is 0 Å². The highest BCUT2D eigenvalue weighted by molar-refractivity contribution is 5.68. The number of ether oxygens (including phenoxy) is 1. The van der Waals surface area contributed by atoms with Crippen molar-refractivity contribution in [3.05, 3.63) is 59.5 Å². The molecule has 0 saturated heterocycles. The Morgan fingerprint density at radius 3 is 3.13 bits per heavy atom. The molecule has 74 valence electrons. The minimum absolute atomic E-state index is 0.864. The van der Waals surface area contributed by atoms with E-state index in [1.54, 1.807) is 6.26 Å². The van der Waals surface area contributed by atoms with Gasteiger partial charge in [-0.2, -0.15) is 0 Å². The molecule has 0 unspecified atom stereocenters. The molecule has 0 saturated carbocycles. The van der Waals surface area contributed by atoms with Gasteiger partial charge in [0.2, 0.25) is 0 Å². The van der Waals surface area contributed by atoms with E-state index >= 15 is 0 Å². The maximum absolute atomic E-state index is 5.61. The summed E-state index contributed by atoms with van der Waals surface area (Å²) < 4.78 is 5.61. The van der Waals surface area contributed by atoms with Crippen LogP contribution in [0, 0.1) is 0 Å². The van der Waals surface area contributed by atoms with Gasteiger partial charge >= 0.3 is 0 Å². The quantitative estimate of drug-likeness (QED) is 0.689. The molecular formula is C13H11NO. The zero-order chi connectivity index (χ0) is 10.1. The van der Waals surface area contributed by atoms with Crippen LogP contribution in [0.3, 0.4) is 0 Å². The van der Waals surface area contributed by atoms with Gasteiger partial charge in [0, 0.05) is 17.7 Å². The van der Waals surface area contributed by atoms with E-state index in [2.05, 4.69) is 29.6 Å². The highest BCUT2D eigenvalue weighted by Crippen LogP contribution is 2.27. The lowest BCUT2D eigenvalue weighted by Gasteiger charge is -2.12. The molecule has 0 bridgehead atoms. The highest BCUT2D eigenvalue weighted by Gasteiger charge is 2.11. The number of fused-ring (bicyclic) bond motifs is 2. The van der Waals surface area contributed by atoms with Crippen LogP contribution in [0.25, 0.3) is 6.08 Å². The maximum atomic E-state index is 5.61. The molecule has 1 aromatic carbocycles. The third kappa shape index (κ3) is 1.44. The SMILES string of the molecule is C1=CC2=Cc3ccccc3OC=C2NC1. The summed E-state index contributed by atoms with van der Waals surface area (Å²) in [6.45, 7) is 0.864. The Kier molecular flexibility index (Phi) is 1.85. The molecule has 2 heterocycles. The highest BCUT2D eigenvalue weighted by atomic mass is 16.5. The fourth-order valence-electron chi connectivity index (χ4n) is 1.78. The number of benzene rings is 1. The van der Waals surface area contributed by atoms with E-state index in [1.807, 2.05) is 18.2 Å². The molecule has 0 amide bonds. The molecular weight excluding hydrogens is 186 g/mol. The standard InChI is InChI=1S/C13H11NO/c1-2-6-13-11(4-1)8-10-5-3-7-14-12(10)9-15-13/h1-6,8-9,14H,7H2. The zero-order valence-corrected chi connectivity index (χ0v) is 8.23. The molecule has 2 aliphatic rings. The maximum Gasteiger partial charge on any atom is 0.133 e. The van der Waals surface area contributed by atoms with Gasteiger partial charge in [-0.3, -0.25) is 0 Å². The lowest BCUT2D eigenvalue weighted by Crippen LogP contribution is -2.18. The van der Waals surface area contributed by atoms with Gasteiger partial charge in [0.25, 0.3) is 0 Å². The molecule has 1 aromatic rings. The fraction of sp³-hybridized carbons (Fsp3) is 0.0769. The lowest BCUT2D eigenvalue weighted by molar-refractivity contribution is 0.472. The van der Waals surface area contributed by atoms with Gasteiger partial charge in [-0.05, 0) is 12.1 Å². The summed E-state index contributed by atoms with van der Waals surface area (Å²) in [4.78, 5) is 0. The van der Waals surface area contributed by atoms with Gasteiger partial charge in [-0.25, -0.2) is 0 Å². The Hall–Kier alpha value is -1.96. The predicted molar refractivity (Wildman–Crippen MR) is 60.3 cm³/mol. The number of hydrogen-bond donors (Lipinski definition) is 1. The summed E-state index contributed by atoms with van der Waals surface area (Å²) in [5, 5.41) is 3.28. The third-order valence-electron chi connectivity index (χ3n) is 2.55. The molecule has 0 fully saturated rings. The van der Waals surface area contributed by atoms with Crippen LogP contribution in [0.5, 0.6) is 5.75 Å². The second kappa shape index (κ2) is 3.31. The van der Waals surface area contributed by atoms with Crippen LogP contribution in [0.2, 0.25) is 0 Å². The minimum Gasteiger partial charge on any atom is -0.462 e. The van der Waals surface area contributed by atoms with Crippen LogP contribution < -0.4 is 10.1 Å². The average molecular weight is 197 g/mol. The monoisotopic (exact) mass is 197 g/mol. The number of rotatable bonds is 0. The van der Waals surface area contributed by atoms with Crippen molar-refractivity contribution >= 4 is 6.08 Å². The van der Waals surface area contributed by atoms with Gasteiger partial charge in [0.15, 0.2) is 0 Å². The number of allylic oxidation sites excluding steroid dienone is 1. The Morgan fingerprint density at radius 1 is 1.20 bits per heavy atom. The van der Waals surface area contributed by atoms with E-state index in [0.29, 0.717) is 0 Å². The zero-order valence-electron chi connectivity index (χ0n) is 8.23. The molecule has 2 aliphatic heterocycles. The number of para-hydroxylation sites is 1. The van der Waals surface area contributed by atoms with E-state index in [4.69, 9.17) is 4.74 Å². The number of nitrogens with one attached hydrogen (secondary N) is 1. The fourth-order valence-corrected chi connectivity index (χ4v) is 1.78. The van der Waals surface area contributed by atoms with E-state index in [0.717, 1.165) is 23.6 Å². The first-order valence-corrected chi connectivity index (χ1v) is 5.02. The summed E-state index contributed by atoms with van der Waals surface area (Å²) in [6, 6.07) is 8.03. The van der Waals surface area contributed by atoms with Crippen molar-refractivity contribution in [3.8, 4) is 5.75 Å². The first kappa shape index (κ1) is 8.36. The Morgan fingerprint density at radius 2 is 2.13 bits per heavy atom. The second-order valence-electron chi connectivity index (χ2n) is 3.57. The van der Waals surface area contributed by atoms with Gasteiger partial charge in [0.1, 0.15) is 12.0 Å². The molecule has 0 spiro atoms. The summed E-state index contributed by atoms with van der Waals surface area (Å²) in [6.07, 6.45) is 8.14. The summed E-state index contributed by atoms with van der Waals surface area (Å²) >= 11 is 0. The Labute approximate surface area is 88.6 Å². The lowest BCUT2D eigenvalue weighted by atomic mass is 10.1. The van der Waals surface area contributed by atoms with Crippen molar-refractivity contribution in [1.82, 2.24) is 5.32 Å². The molecule has 3 rings (SSSR count). The van der Waals surface area contributed by atoms with Crippen LogP contribution >= 0.6 is 0 Å². The van der Waals surface area contributed by atoms with Crippen molar-refractivity contribution in [3.63, 3.8) is 0 Å². The van der Waals surface area contributed by atoms with Crippen LogP contribution in [0.1, 0.15) is 5.56 Å². The van der Waals surface area contributed by atoms with E-state index in [9.17, 15) is 0 Å². The molecule has 0 aromatic heterocycles. The predicted octanol–water partition coefficient (Wildman–Crippen LogP) is 2.46. The van der Waals surface area contributed by atoms with E-state index in [-0.39, 0.29) is 0 Å². The largest absolute Gasteiger partial charge is 0.462 e. The molecule has 0 atom stereocenters. The van der Waals surface area contributed by atoms with Crippen molar-refractivity contribution in [2.75, 3.05) is 6.54 Å². The number of hydrogen-bond acceptors (Lipinski definition) is 2. The van der Waals surface area contributed by atoms with Crippen LogP contribution in [0.4, 0.5) is 0 Å². The van der Waals surface area contributed by atoms with Crippen molar-refractivity contribution in [2.45, 2.75) is 0 Å². The first-order valence-electron chi connectivity index (χ1n) is 5.02. The molecule has 1 N–H and O–H groups in total. The van der Waals surface area contributed by atoms with Crippen LogP contribution in [-0.2, 0) is 0 Å². The van der Waals surface area contributed by atoms with Crippen LogP contribution in [-0.4, -0.2) is 6.54 Å². The Bertz CT molecular complexity index is 483. The van der Waals surface area contributed by atoms with Gasteiger partial charge < -0.3 is 10.1 Å². The van der Waals surface area contributed by atoms with Crippen molar-refractivity contribution < 1.29 is 4.74 Å². The second-order valence-corrected chi connectivity index (χ2v) is 3.57. The molecule has 2 heteroatoms. The van der Waals surface area contributed by atoms with Crippen molar-refractivity contribution in [1.29, 1.82) is 0 Å². The molecule has 0 radical (unpaired) electrons. The molecule has 2 nitrogen and oxygen atoms in total. The van der Waals surface area contributed by atoms with E-state index < -0.39 is 0 Å². The summed E-state index contributed by atoms with van der Waals surface area (Å²) in [5.74, 6) is 0.905. The topological polar surface area (TPSA) is 21.3 Å². The van der Waals surface area contributed by atoms with Gasteiger partial charge in [0.05, 0.1) is 5.70 Å². The normalized spacial score (nSPS) is 17.3. The van der Waals surface area contributed by atoms with Crippen LogP contribution in [0.15, 0.2) is 53.9 Å². The van der Waals surface area contributed by atoms with Gasteiger partial charge in [-0.1, -0.05) is 30.4 Å². The minimum atomic E-state index is 0.864. The molecule has 15 heavy (non-hydrogen) atoms. The van der Waals surface area contributed by atoms with Gasteiger partial charge in [-0.15, -0.1) is 0 Å². The summed E-state index contributed by atoms with van der Waals surface area (Å²) in [5.41, 5.74) is 3.34. The third-order valence-corrected chi connectivity index (χ3v) is 2.55. The summed E-state index contributed by atoms with van der Waals surface area (Å²) in [7, 11) is 0. The molecule has 0 aliphatic carbocycles. The Balaban J connectivity index is 2.15. The first-order chi connectivity index (χ1) is 7.43. The average Bonchev–Trinajstić information content (AvgIpc) is 2.48. The smallest absolute Gasteiger partial charge is 0.133 e.